The highest BCUT2D eigenvalue weighted by Crippen LogP contribution is 2.20. The molecule has 1 aromatic rings. The third kappa shape index (κ3) is 1.12. The first-order valence-corrected chi connectivity index (χ1v) is 4.20. The summed E-state index contributed by atoms with van der Waals surface area (Å²) in [5, 5.41) is 6.48. The average Bonchev–Trinajstić information content (AvgIpc) is 2.61. The van der Waals surface area contributed by atoms with Crippen molar-refractivity contribution in [3.05, 3.63) is 4.77 Å². The van der Waals surface area contributed by atoms with Crippen LogP contribution in [-0.4, -0.2) is 28.0 Å². The van der Waals surface area contributed by atoms with Crippen molar-refractivity contribution >= 4 is 18.2 Å². The Kier molecular flexibility index (Phi) is 1.86. The fourth-order valence-corrected chi connectivity index (χ4v) is 1.68. The summed E-state index contributed by atoms with van der Waals surface area (Å²) in [4.78, 5) is 0. The molecule has 5 nitrogen and oxygen atoms in total. The minimum Gasteiger partial charge on any atom is -0.379 e. The number of H-pyrrole nitrogens is 1. The summed E-state index contributed by atoms with van der Waals surface area (Å²) >= 11 is 5.02. The van der Waals surface area contributed by atoms with E-state index in [1.54, 1.807) is 0 Å². The molecule has 3 N–H and O–H groups in total. The lowest BCUT2D eigenvalue weighted by atomic mass is 10.3. The van der Waals surface area contributed by atoms with Gasteiger partial charge in [-0.2, -0.15) is 0 Å². The zero-order valence-electron chi connectivity index (χ0n) is 6.49. The summed E-state index contributed by atoms with van der Waals surface area (Å²) in [6, 6.07) is 0.260. The second-order valence-electron chi connectivity index (χ2n) is 2.77. The summed E-state index contributed by atoms with van der Waals surface area (Å²) in [6.45, 7) is 1.45. The first kappa shape index (κ1) is 7.75. The van der Waals surface area contributed by atoms with E-state index in [4.69, 9.17) is 22.7 Å². The predicted octanol–water partition coefficient (Wildman–Crippen LogP) is 0.484. The molecule has 0 bridgehead atoms. The largest absolute Gasteiger partial charge is 0.379 e. The van der Waals surface area contributed by atoms with Crippen LogP contribution >= 0.6 is 12.2 Å². The van der Waals surface area contributed by atoms with Gasteiger partial charge in [0.15, 0.2) is 4.77 Å². The van der Waals surface area contributed by atoms with Crippen LogP contribution in [0.5, 0.6) is 0 Å². The van der Waals surface area contributed by atoms with E-state index in [1.165, 1.54) is 0 Å². The van der Waals surface area contributed by atoms with E-state index in [0.717, 1.165) is 13.0 Å². The van der Waals surface area contributed by atoms with E-state index in [9.17, 15) is 0 Å². The van der Waals surface area contributed by atoms with Crippen LogP contribution in [0, 0.1) is 4.77 Å². The van der Waals surface area contributed by atoms with Gasteiger partial charge in [-0.3, -0.25) is 4.57 Å². The molecule has 1 aliphatic rings. The van der Waals surface area contributed by atoms with Gasteiger partial charge in [0.25, 0.3) is 0 Å². The summed E-state index contributed by atoms with van der Waals surface area (Å²) in [5.74, 6) is 0.440. The third-order valence-electron chi connectivity index (χ3n) is 2.00. The van der Waals surface area contributed by atoms with Gasteiger partial charge in [-0.1, -0.05) is 0 Å². The number of hydrogen-bond donors (Lipinski definition) is 2. The number of aromatic amines is 1. The Labute approximate surface area is 74.5 Å². The Bertz CT molecular complexity index is 325. The van der Waals surface area contributed by atoms with Gasteiger partial charge in [0.05, 0.1) is 12.6 Å². The lowest BCUT2D eigenvalue weighted by molar-refractivity contribution is 0.186. The maximum atomic E-state index is 5.62. The van der Waals surface area contributed by atoms with Crippen molar-refractivity contribution in [3.63, 3.8) is 0 Å². The van der Waals surface area contributed by atoms with Crippen LogP contribution in [0.2, 0.25) is 0 Å². The van der Waals surface area contributed by atoms with E-state index in [0.29, 0.717) is 17.3 Å². The van der Waals surface area contributed by atoms with Crippen molar-refractivity contribution < 1.29 is 4.74 Å². The molecule has 2 rings (SSSR count). The highest BCUT2D eigenvalue weighted by Gasteiger charge is 2.20. The van der Waals surface area contributed by atoms with Gasteiger partial charge in [-0.25, -0.2) is 5.10 Å². The van der Waals surface area contributed by atoms with Gasteiger partial charge < -0.3 is 10.5 Å². The van der Waals surface area contributed by atoms with Gasteiger partial charge in [0, 0.05) is 6.61 Å². The van der Waals surface area contributed by atoms with Gasteiger partial charge >= 0.3 is 0 Å². The molecule has 0 spiro atoms. The molecule has 1 fully saturated rings. The van der Waals surface area contributed by atoms with Gasteiger partial charge in [-0.15, -0.1) is 5.10 Å². The molecular weight excluding hydrogens is 176 g/mol. The second kappa shape index (κ2) is 2.87. The normalized spacial score (nSPS) is 23.2. The monoisotopic (exact) mass is 186 g/mol. The molecule has 1 aromatic heterocycles. The topological polar surface area (TPSA) is 68.9 Å². The lowest BCUT2D eigenvalue weighted by Gasteiger charge is -2.08. The molecule has 1 atom stereocenters. The maximum absolute atomic E-state index is 5.62. The van der Waals surface area contributed by atoms with Crippen LogP contribution < -0.4 is 5.73 Å². The molecule has 66 valence electrons. The molecule has 0 aromatic carbocycles. The molecule has 1 saturated heterocycles. The summed E-state index contributed by atoms with van der Waals surface area (Å²) in [6.07, 6.45) is 0.956. The average molecular weight is 186 g/mol. The number of nitrogens with zero attached hydrogens (tertiary/aromatic N) is 2. The molecule has 0 amide bonds. The zero-order chi connectivity index (χ0) is 8.55. The molecule has 0 saturated carbocycles. The number of nitrogens with one attached hydrogen (secondary N) is 1. The predicted molar refractivity (Wildman–Crippen MR) is 46.3 cm³/mol. The van der Waals surface area contributed by atoms with Crippen molar-refractivity contribution in [2.75, 3.05) is 18.9 Å². The highest BCUT2D eigenvalue weighted by molar-refractivity contribution is 7.71. The highest BCUT2D eigenvalue weighted by atomic mass is 32.1. The number of anilines is 1. The Hall–Kier alpha value is -0.880. The first-order valence-electron chi connectivity index (χ1n) is 3.79. The number of rotatable bonds is 1. The third-order valence-corrected chi connectivity index (χ3v) is 2.29. The minimum absolute atomic E-state index is 0.260. The van der Waals surface area contributed by atoms with Crippen molar-refractivity contribution in [1.82, 2.24) is 14.8 Å². The Morgan fingerprint density at radius 2 is 2.58 bits per heavy atom. The van der Waals surface area contributed by atoms with E-state index in [2.05, 4.69) is 10.2 Å². The van der Waals surface area contributed by atoms with Crippen LogP contribution in [0.1, 0.15) is 12.5 Å². The van der Waals surface area contributed by atoms with Crippen LogP contribution in [0.3, 0.4) is 0 Å². The van der Waals surface area contributed by atoms with Crippen LogP contribution in [0.25, 0.3) is 0 Å². The first-order chi connectivity index (χ1) is 5.79. The van der Waals surface area contributed by atoms with E-state index < -0.39 is 0 Å². The molecule has 1 aliphatic heterocycles. The summed E-state index contributed by atoms with van der Waals surface area (Å²) in [5.41, 5.74) is 5.62. The number of hydrogen-bond acceptors (Lipinski definition) is 4. The fourth-order valence-electron chi connectivity index (χ4n) is 1.40. The minimum atomic E-state index is 0.260. The van der Waals surface area contributed by atoms with Crippen molar-refractivity contribution in [1.29, 1.82) is 0 Å². The number of nitrogens with two attached hydrogens (primary N) is 1. The molecule has 2 heterocycles. The van der Waals surface area contributed by atoms with E-state index in [-0.39, 0.29) is 6.04 Å². The lowest BCUT2D eigenvalue weighted by Crippen LogP contribution is -2.11. The van der Waals surface area contributed by atoms with Crippen molar-refractivity contribution in [2.24, 2.45) is 0 Å². The maximum Gasteiger partial charge on any atom is 0.220 e. The molecule has 0 aliphatic carbocycles. The number of ether oxygens (including phenoxy) is 1. The SMILES string of the molecule is Nc1n[nH]c(=S)n1C1CCOC1. The van der Waals surface area contributed by atoms with Crippen molar-refractivity contribution in [2.45, 2.75) is 12.5 Å². The van der Waals surface area contributed by atoms with Crippen LogP contribution in [-0.2, 0) is 4.74 Å². The van der Waals surface area contributed by atoms with Gasteiger partial charge in [-0.05, 0) is 18.6 Å². The van der Waals surface area contributed by atoms with Crippen LogP contribution in [0.15, 0.2) is 0 Å². The molecule has 0 radical (unpaired) electrons. The Balaban J connectivity index is 2.37. The smallest absolute Gasteiger partial charge is 0.220 e. The van der Waals surface area contributed by atoms with Gasteiger partial charge in [0.1, 0.15) is 0 Å². The van der Waals surface area contributed by atoms with Gasteiger partial charge in [0.2, 0.25) is 5.95 Å². The second-order valence-corrected chi connectivity index (χ2v) is 3.16. The molecule has 6 heteroatoms. The zero-order valence-corrected chi connectivity index (χ0v) is 7.30. The Morgan fingerprint density at radius 3 is 3.08 bits per heavy atom. The standard InChI is InChI=1S/C6H10N4OS/c7-5-8-9-6(12)10(5)4-1-2-11-3-4/h4H,1-3H2,(H2,7,8)(H,9,12). The molecule has 1 unspecified atom stereocenters. The number of aromatic nitrogens is 3. The fraction of sp³-hybridized carbons (Fsp3) is 0.667. The molecule has 12 heavy (non-hydrogen) atoms. The summed E-state index contributed by atoms with van der Waals surface area (Å²) in [7, 11) is 0. The van der Waals surface area contributed by atoms with E-state index in [1.807, 2.05) is 4.57 Å². The summed E-state index contributed by atoms with van der Waals surface area (Å²) < 4.78 is 7.61. The van der Waals surface area contributed by atoms with Crippen LogP contribution in [0.4, 0.5) is 5.95 Å². The quantitative estimate of drug-likeness (QED) is 0.626. The number of nitrogen functional groups attached to an aromatic ring is 1. The molecular formula is C6H10N4OS. The van der Waals surface area contributed by atoms with Crippen molar-refractivity contribution in [3.8, 4) is 0 Å². The van der Waals surface area contributed by atoms with E-state index >= 15 is 0 Å². The Morgan fingerprint density at radius 1 is 1.75 bits per heavy atom.